The van der Waals surface area contributed by atoms with Crippen LogP contribution in [0.4, 0.5) is 27.6 Å². The number of halogens is 6. The van der Waals surface area contributed by atoms with Gasteiger partial charge >= 0.3 is 12.7 Å². The van der Waals surface area contributed by atoms with Crippen molar-refractivity contribution >= 4 is 28.9 Å². The van der Waals surface area contributed by atoms with Crippen molar-refractivity contribution in [1.29, 1.82) is 0 Å². The average Bonchev–Trinajstić information content (AvgIpc) is 3.12. The topological polar surface area (TPSA) is 61.6 Å². The molecule has 0 aliphatic carbocycles. The van der Waals surface area contributed by atoms with Crippen LogP contribution in [0.3, 0.4) is 0 Å². The van der Waals surface area contributed by atoms with Gasteiger partial charge in [0.25, 0.3) is 0 Å². The van der Waals surface area contributed by atoms with Gasteiger partial charge in [0.1, 0.15) is 5.69 Å². The van der Waals surface area contributed by atoms with Gasteiger partial charge in [-0.15, -0.1) is 0 Å². The van der Waals surface area contributed by atoms with Gasteiger partial charge in [-0.25, -0.2) is 9.69 Å². The van der Waals surface area contributed by atoms with Crippen molar-refractivity contribution < 1.29 is 31.9 Å². The molecule has 12 heteroatoms. The first-order chi connectivity index (χ1) is 13.6. The van der Waals surface area contributed by atoms with E-state index in [1.54, 1.807) is 0 Å². The number of aliphatic hydroxyl groups is 1. The minimum atomic E-state index is -4.94. The second kappa shape index (κ2) is 7.99. The maximum Gasteiger partial charge on any atom is 0.413 e. The van der Waals surface area contributed by atoms with Crippen LogP contribution in [0.2, 0.25) is 5.02 Å². The van der Waals surface area contributed by atoms with E-state index < -0.39 is 31.3 Å². The molecule has 0 saturated heterocycles. The monoisotopic (exact) mass is 436 g/mol. The lowest BCUT2D eigenvalue weighted by Gasteiger charge is -2.44. The zero-order valence-corrected chi connectivity index (χ0v) is 15.3. The number of aliphatic hydroxyl groups excluding tert-OH is 1. The minimum Gasteiger partial charge on any atom is -0.394 e. The highest BCUT2D eigenvalue weighted by Crippen LogP contribution is 2.38. The molecule has 156 valence electrons. The number of hydrogen-bond donors (Lipinski definition) is 1. The number of benzene rings is 1. The van der Waals surface area contributed by atoms with Crippen molar-refractivity contribution in [3.8, 4) is 0 Å². The molecule has 1 aromatic heterocycles. The van der Waals surface area contributed by atoms with Crippen LogP contribution in [0.15, 0.2) is 42.7 Å². The highest BCUT2D eigenvalue weighted by atomic mass is 35.5. The number of aromatic nitrogens is 2. The summed E-state index contributed by atoms with van der Waals surface area (Å²) in [4.78, 5) is 12.5. The van der Waals surface area contributed by atoms with E-state index >= 15 is 0 Å². The van der Waals surface area contributed by atoms with Gasteiger partial charge in [-0.05, 0) is 23.8 Å². The molecule has 0 saturated carbocycles. The van der Waals surface area contributed by atoms with E-state index in [2.05, 4.69) is 5.10 Å². The SMILES string of the molecule is O=C1CC=C(c2ccc(Cl)cc2)N([C@H](CO)C(F)(F)F)N1c1cnn(C(F)F)c1. The van der Waals surface area contributed by atoms with Crippen LogP contribution in [0.1, 0.15) is 18.5 Å². The number of amides is 1. The Hall–Kier alpha value is -2.66. The van der Waals surface area contributed by atoms with Gasteiger partial charge in [-0.2, -0.15) is 27.1 Å². The van der Waals surface area contributed by atoms with Crippen molar-refractivity contribution in [3.63, 3.8) is 0 Å². The lowest BCUT2D eigenvalue weighted by molar-refractivity contribution is -0.186. The van der Waals surface area contributed by atoms with Crippen LogP contribution >= 0.6 is 11.6 Å². The lowest BCUT2D eigenvalue weighted by atomic mass is 10.1. The number of rotatable bonds is 5. The predicted molar refractivity (Wildman–Crippen MR) is 93.8 cm³/mol. The number of hydrogen-bond acceptors (Lipinski definition) is 4. The third-order valence-corrected chi connectivity index (χ3v) is 4.44. The molecule has 0 radical (unpaired) electrons. The number of hydrazine groups is 1. The zero-order valence-electron chi connectivity index (χ0n) is 14.5. The van der Waals surface area contributed by atoms with Crippen molar-refractivity contribution in [2.75, 3.05) is 11.6 Å². The van der Waals surface area contributed by atoms with Gasteiger partial charge in [-0.3, -0.25) is 9.80 Å². The van der Waals surface area contributed by atoms with Crippen molar-refractivity contribution in [1.82, 2.24) is 14.8 Å². The number of anilines is 1. The number of carbonyl (C=O) groups excluding carboxylic acids is 1. The summed E-state index contributed by atoms with van der Waals surface area (Å²) in [5.74, 6) is -0.806. The van der Waals surface area contributed by atoms with Gasteiger partial charge in [0, 0.05) is 11.4 Å². The van der Waals surface area contributed by atoms with Crippen LogP contribution in [-0.4, -0.2) is 44.6 Å². The summed E-state index contributed by atoms with van der Waals surface area (Å²) in [5.41, 5.74) is -0.0455. The van der Waals surface area contributed by atoms with Crippen LogP contribution in [0, 0.1) is 0 Å². The average molecular weight is 437 g/mol. The highest BCUT2D eigenvalue weighted by Gasteiger charge is 2.49. The molecular weight excluding hydrogens is 423 g/mol. The van der Waals surface area contributed by atoms with E-state index in [0.717, 1.165) is 12.4 Å². The van der Waals surface area contributed by atoms with E-state index in [0.29, 0.717) is 15.0 Å². The van der Waals surface area contributed by atoms with E-state index in [1.807, 2.05) is 0 Å². The molecule has 0 unspecified atom stereocenters. The quantitative estimate of drug-likeness (QED) is 0.723. The molecule has 0 bridgehead atoms. The van der Waals surface area contributed by atoms with Gasteiger partial charge in [0.15, 0.2) is 6.04 Å². The second-order valence-corrected chi connectivity index (χ2v) is 6.48. The number of carbonyl (C=O) groups is 1. The van der Waals surface area contributed by atoms with Crippen LogP contribution < -0.4 is 5.01 Å². The van der Waals surface area contributed by atoms with Gasteiger partial charge in [0.2, 0.25) is 5.91 Å². The Kier molecular flexibility index (Phi) is 5.80. The van der Waals surface area contributed by atoms with Crippen molar-refractivity contribution in [2.45, 2.75) is 25.2 Å². The summed E-state index contributed by atoms with van der Waals surface area (Å²) < 4.78 is 67.0. The summed E-state index contributed by atoms with van der Waals surface area (Å²) in [6.07, 6.45) is -2.34. The molecule has 29 heavy (non-hydrogen) atoms. The first-order valence-corrected chi connectivity index (χ1v) is 8.59. The summed E-state index contributed by atoms with van der Waals surface area (Å²) in [5, 5.41) is 14.3. The molecule has 6 nitrogen and oxygen atoms in total. The van der Waals surface area contributed by atoms with Crippen LogP contribution in [0.25, 0.3) is 5.70 Å². The fourth-order valence-corrected chi connectivity index (χ4v) is 3.03. The Bertz CT molecular complexity index is 913. The molecule has 0 spiro atoms. The van der Waals surface area contributed by atoms with Gasteiger partial charge in [0.05, 0.1) is 24.7 Å². The van der Waals surface area contributed by atoms with E-state index in [4.69, 9.17) is 11.6 Å². The Morgan fingerprint density at radius 2 is 1.86 bits per heavy atom. The standard InChI is InChI=1S/C17H14ClF5N4O2/c18-11-3-1-10(2-4-11)13-5-6-15(29)26(12-7-24-25(8-12)16(19)20)27(13)14(9-28)17(21,22)23/h1-5,7-8,14,16,28H,6,9H2/t14-/m1/s1. The molecule has 3 rings (SSSR count). The van der Waals surface area contributed by atoms with Gasteiger partial charge < -0.3 is 5.11 Å². The first-order valence-electron chi connectivity index (χ1n) is 8.21. The maximum absolute atomic E-state index is 13.7. The molecule has 2 heterocycles. The molecule has 1 aromatic carbocycles. The van der Waals surface area contributed by atoms with Gasteiger partial charge in [-0.1, -0.05) is 23.7 Å². The molecule has 1 aliphatic heterocycles. The zero-order chi connectivity index (χ0) is 21.3. The minimum absolute atomic E-state index is 0.0394. The fourth-order valence-electron chi connectivity index (χ4n) is 2.90. The third kappa shape index (κ3) is 4.20. The smallest absolute Gasteiger partial charge is 0.394 e. The molecule has 0 fully saturated rings. The lowest BCUT2D eigenvalue weighted by Crippen LogP contribution is -2.58. The third-order valence-electron chi connectivity index (χ3n) is 4.19. The summed E-state index contributed by atoms with van der Waals surface area (Å²) in [6.45, 7) is -4.42. The van der Waals surface area contributed by atoms with Crippen molar-refractivity contribution in [3.05, 3.63) is 53.3 Å². The highest BCUT2D eigenvalue weighted by molar-refractivity contribution is 6.30. The molecule has 1 amide bonds. The Morgan fingerprint density at radius 3 is 2.38 bits per heavy atom. The molecule has 2 aromatic rings. The maximum atomic E-state index is 13.7. The Morgan fingerprint density at radius 1 is 1.21 bits per heavy atom. The first kappa shape index (κ1) is 21.1. The summed E-state index contributed by atoms with van der Waals surface area (Å²) in [6, 6.07) is 3.29. The van der Waals surface area contributed by atoms with E-state index in [1.165, 1.54) is 30.3 Å². The Balaban J connectivity index is 2.15. The molecular formula is C17H14ClF5N4O2. The van der Waals surface area contributed by atoms with Crippen molar-refractivity contribution in [2.24, 2.45) is 0 Å². The molecule has 1 aliphatic rings. The predicted octanol–water partition coefficient (Wildman–Crippen LogP) is 3.85. The largest absolute Gasteiger partial charge is 0.413 e. The van der Waals surface area contributed by atoms with E-state index in [-0.39, 0.29) is 28.1 Å². The number of nitrogens with zero attached hydrogens (tertiary/aromatic N) is 4. The number of alkyl halides is 5. The normalized spacial score (nSPS) is 16.4. The molecule has 1 atom stereocenters. The van der Waals surface area contributed by atoms with Crippen LogP contribution in [-0.2, 0) is 4.79 Å². The summed E-state index contributed by atoms with van der Waals surface area (Å²) >= 11 is 5.83. The Labute approximate surface area is 166 Å². The van der Waals surface area contributed by atoms with Crippen LogP contribution in [0.5, 0.6) is 0 Å². The second-order valence-electron chi connectivity index (χ2n) is 6.05. The van der Waals surface area contributed by atoms with E-state index in [9.17, 15) is 31.9 Å². The molecule has 1 N–H and O–H groups in total. The summed E-state index contributed by atoms with van der Waals surface area (Å²) in [7, 11) is 0. The fraction of sp³-hybridized carbons (Fsp3) is 0.294.